The van der Waals surface area contributed by atoms with Gasteiger partial charge in [0.25, 0.3) is 0 Å². The molecule has 0 fully saturated rings. The van der Waals surface area contributed by atoms with E-state index in [-0.39, 0.29) is 21.1 Å². The normalized spacial score (nSPS) is 12.0. The van der Waals surface area contributed by atoms with Crippen molar-refractivity contribution in [3.8, 4) is 56.7 Å². The third-order valence-corrected chi connectivity index (χ3v) is 15.3. The summed E-state index contributed by atoms with van der Waals surface area (Å²) in [7, 11) is -2.86. The summed E-state index contributed by atoms with van der Waals surface area (Å²) in [5.41, 5.74) is 6.43. The number of rotatable bonds is 8. The maximum atomic E-state index is 6.96. The van der Waals surface area contributed by atoms with Crippen molar-refractivity contribution in [1.29, 1.82) is 0 Å². The minimum Gasteiger partial charge on any atom is -0.495 e. The standard InChI is InChI=1S/C52H42N2O3Si2.Pt/c1-58(2,3)41-19-15-33(16-20-41)45-29-37-23-25-53-49(51(37)56-45)39-27-35-11-7-9-13-43(35)47(31-39)55-48-32-40(28-36-12-8-10-14-44(36)48)50-52-38(24-26-54-50)30-46(57-52)34-17-21-42(22-18-34)59(4,5)6;/h7-30H,1-6H3;/q-2;+2. The molecule has 10 rings (SSSR count). The van der Waals surface area contributed by atoms with Gasteiger partial charge in [-0.1, -0.05) is 180 Å². The van der Waals surface area contributed by atoms with Crippen LogP contribution in [0.1, 0.15) is 0 Å². The van der Waals surface area contributed by atoms with Crippen LogP contribution >= 0.6 is 0 Å². The first kappa shape index (κ1) is 39.6. The maximum absolute atomic E-state index is 6.96. The summed E-state index contributed by atoms with van der Waals surface area (Å²) in [5, 5.41) is 8.61. The summed E-state index contributed by atoms with van der Waals surface area (Å²) in [6, 6.07) is 53.6. The van der Waals surface area contributed by atoms with E-state index in [0.717, 1.165) is 66.1 Å². The molecular weight excluding hydrogens is 952 g/mol. The molecule has 0 bridgehead atoms. The van der Waals surface area contributed by atoms with Crippen LogP contribution < -0.4 is 15.1 Å². The van der Waals surface area contributed by atoms with Gasteiger partial charge in [-0.15, -0.1) is 23.3 Å². The summed E-state index contributed by atoms with van der Waals surface area (Å²) in [6.45, 7) is 14.2. The van der Waals surface area contributed by atoms with Crippen LogP contribution in [0.5, 0.6) is 11.5 Å². The van der Waals surface area contributed by atoms with Gasteiger partial charge in [0.1, 0.15) is 22.7 Å². The Kier molecular flexibility index (Phi) is 10.1. The SMILES string of the molecule is C[Si](C)(C)c1ccc(-c2cc3ccnc(-c4[c-]c(Oc5[c-]c(-c6nccc7cc(-c8ccc([Si](C)(C)C)cc8)oc67)cc6ccccc56)c5ccccc5c4)c3o2)cc1.[Pt+2]. The van der Waals surface area contributed by atoms with E-state index < -0.39 is 16.1 Å². The average Bonchev–Trinajstić information content (AvgIpc) is 3.89. The first-order valence-electron chi connectivity index (χ1n) is 20.0. The molecule has 5 nitrogen and oxygen atoms in total. The molecule has 0 atom stereocenters. The van der Waals surface area contributed by atoms with E-state index in [9.17, 15) is 0 Å². The molecule has 0 aliphatic heterocycles. The number of pyridine rings is 2. The van der Waals surface area contributed by atoms with Crippen LogP contribution in [0.25, 0.3) is 88.6 Å². The van der Waals surface area contributed by atoms with Crippen molar-refractivity contribution in [1.82, 2.24) is 9.97 Å². The van der Waals surface area contributed by atoms with Crippen molar-refractivity contribution in [2.75, 3.05) is 0 Å². The van der Waals surface area contributed by atoms with Gasteiger partial charge in [0.2, 0.25) is 0 Å². The van der Waals surface area contributed by atoms with Crippen molar-refractivity contribution in [3.05, 3.63) is 158 Å². The molecule has 8 heteroatoms. The van der Waals surface area contributed by atoms with E-state index in [2.05, 4.69) is 148 Å². The monoisotopic (exact) mass is 993 g/mol. The number of hydrogen-bond donors (Lipinski definition) is 0. The van der Waals surface area contributed by atoms with E-state index in [1.807, 2.05) is 48.8 Å². The molecule has 0 aliphatic rings. The maximum Gasteiger partial charge on any atom is 2.00 e. The van der Waals surface area contributed by atoms with Gasteiger partial charge in [-0.05, 0) is 24.3 Å². The molecule has 0 N–H and O–H groups in total. The quantitative estimate of drug-likeness (QED) is 0.112. The minimum atomic E-state index is -1.43. The van der Waals surface area contributed by atoms with Gasteiger partial charge in [-0.2, -0.15) is 0 Å². The summed E-state index contributed by atoms with van der Waals surface area (Å²) >= 11 is 0. The fraction of sp³-hybridized carbons (Fsp3) is 0.115. The van der Waals surface area contributed by atoms with Crippen LogP contribution in [-0.4, -0.2) is 26.1 Å². The Morgan fingerprint density at radius 2 is 0.867 bits per heavy atom. The van der Waals surface area contributed by atoms with Gasteiger partial charge in [0.15, 0.2) is 0 Å². The van der Waals surface area contributed by atoms with Crippen LogP contribution in [0.2, 0.25) is 39.3 Å². The summed E-state index contributed by atoms with van der Waals surface area (Å²) in [6.07, 6.45) is 3.66. The molecule has 10 aromatic rings. The molecule has 0 saturated heterocycles. The van der Waals surface area contributed by atoms with Crippen molar-refractivity contribution in [2.24, 2.45) is 0 Å². The molecule has 296 valence electrons. The third-order valence-electron chi connectivity index (χ3n) is 11.2. The van der Waals surface area contributed by atoms with Gasteiger partial charge in [-0.25, -0.2) is 0 Å². The number of nitrogens with zero attached hydrogens (tertiary/aromatic N) is 2. The number of fused-ring (bicyclic) bond motifs is 4. The zero-order valence-corrected chi connectivity index (χ0v) is 38.6. The minimum absolute atomic E-state index is 0. The van der Waals surface area contributed by atoms with Crippen LogP contribution in [0, 0.1) is 12.1 Å². The van der Waals surface area contributed by atoms with E-state index in [1.165, 1.54) is 10.4 Å². The molecule has 60 heavy (non-hydrogen) atoms. The molecule has 4 heterocycles. The van der Waals surface area contributed by atoms with E-state index in [0.29, 0.717) is 34.1 Å². The van der Waals surface area contributed by atoms with Gasteiger partial charge in [0.05, 0.1) is 27.6 Å². The Balaban J connectivity index is 0.00000462. The fourth-order valence-electron chi connectivity index (χ4n) is 7.81. The van der Waals surface area contributed by atoms with Crippen LogP contribution in [0.4, 0.5) is 0 Å². The van der Waals surface area contributed by atoms with Gasteiger partial charge >= 0.3 is 21.1 Å². The van der Waals surface area contributed by atoms with Crippen LogP contribution in [0.15, 0.2) is 155 Å². The molecule has 4 aromatic heterocycles. The molecule has 6 aromatic carbocycles. The summed E-state index contributed by atoms with van der Waals surface area (Å²) < 4.78 is 20.2. The Morgan fingerprint density at radius 1 is 0.467 bits per heavy atom. The van der Waals surface area contributed by atoms with Gasteiger partial charge in [0, 0.05) is 45.7 Å². The predicted molar refractivity (Wildman–Crippen MR) is 248 cm³/mol. The molecule has 0 saturated carbocycles. The number of furan rings is 2. The molecular formula is C52H42N2O3PtSi2. The topological polar surface area (TPSA) is 61.3 Å². The third kappa shape index (κ3) is 7.36. The second-order valence-corrected chi connectivity index (χ2v) is 27.5. The molecule has 0 radical (unpaired) electrons. The number of hydrogen-bond acceptors (Lipinski definition) is 5. The zero-order valence-electron chi connectivity index (χ0n) is 34.3. The Bertz CT molecular complexity index is 3000. The zero-order chi connectivity index (χ0) is 40.5. The van der Waals surface area contributed by atoms with Crippen LogP contribution in [-0.2, 0) is 21.1 Å². The van der Waals surface area contributed by atoms with Crippen molar-refractivity contribution < 1.29 is 34.6 Å². The average molecular weight is 994 g/mol. The van der Waals surface area contributed by atoms with E-state index in [1.54, 1.807) is 0 Å². The fourth-order valence-corrected chi connectivity index (χ4v) is 10.1. The second kappa shape index (κ2) is 15.3. The van der Waals surface area contributed by atoms with Crippen molar-refractivity contribution >= 4 is 70.0 Å². The molecule has 0 aliphatic carbocycles. The Morgan fingerprint density at radius 3 is 1.27 bits per heavy atom. The largest absolute Gasteiger partial charge is 2.00 e. The summed E-state index contributed by atoms with van der Waals surface area (Å²) in [4.78, 5) is 9.71. The van der Waals surface area contributed by atoms with E-state index in [4.69, 9.17) is 23.5 Å². The number of benzene rings is 6. The first-order valence-corrected chi connectivity index (χ1v) is 27.0. The predicted octanol–water partition coefficient (Wildman–Crippen LogP) is 13.4. The number of ether oxygens (including phenoxy) is 1. The molecule has 0 unspecified atom stereocenters. The summed E-state index contributed by atoms with van der Waals surface area (Å²) in [5.74, 6) is 2.74. The van der Waals surface area contributed by atoms with Gasteiger partial charge < -0.3 is 23.5 Å². The molecule has 0 spiro atoms. The Hall–Kier alpha value is -5.86. The number of aromatic nitrogens is 2. The van der Waals surface area contributed by atoms with E-state index >= 15 is 0 Å². The van der Waals surface area contributed by atoms with Gasteiger partial charge in [-0.3, -0.25) is 0 Å². The Labute approximate surface area is 366 Å². The smallest absolute Gasteiger partial charge is 0.495 e. The first-order chi connectivity index (χ1) is 28.5. The second-order valence-electron chi connectivity index (χ2n) is 17.3. The molecule has 0 amide bonds. The van der Waals surface area contributed by atoms with Crippen LogP contribution in [0.3, 0.4) is 0 Å². The van der Waals surface area contributed by atoms with Crippen molar-refractivity contribution in [2.45, 2.75) is 39.3 Å². The van der Waals surface area contributed by atoms with Crippen molar-refractivity contribution in [3.63, 3.8) is 0 Å².